The van der Waals surface area contributed by atoms with E-state index in [0.29, 0.717) is 22.7 Å². The number of fused-ring (bicyclic) bond motifs is 1. The van der Waals surface area contributed by atoms with E-state index in [1.54, 1.807) is 37.4 Å². The number of carbonyl (C=O) groups is 3. The number of anilines is 1. The van der Waals surface area contributed by atoms with E-state index in [1.165, 1.54) is 24.3 Å². The van der Waals surface area contributed by atoms with Gasteiger partial charge in [-0.05, 0) is 42.3 Å². The van der Waals surface area contributed by atoms with Crippen molar-refractivity contribution >= 4 is 57.8 Å². The first kappa shape index (κ1) is 24.0. The Hall–Kier alpha value is -4.76. The van der Waals surface area contributed by atoms with Crippen molar-refractivity contribution in [1.82, 2.24) is 9.88 Å². The summed E-state index contributed by atoms with van der Waals surface area (Å²) in [5.41, 5.74) is 2.90. The van der Waals surface area contributed by atoms with E-state index >= 15 is 0 Å². The van der Waals surface area contributed by atoms with Gasteiger partial charge in [-0.2, -0.15) is 0 Å². The number of hydrogen-bond acceptors (Lipinski definition) is 5. The molecule has 0 spiro atoms. The summed E-state index contributed by atoms with van der Waals surface area (Å²) in [4.78, 5) is 50.2. The summed E-state index contributed by atoms with van der Waals surface area (Å²) >= 11 is 6.19. The number of amides is 4. The van der Waals surface area contributed by atoms with E-state index in [-0.39, 0.29) is 16.9 Å². The van der Waals surface area contributed by atoms with Gasteiger partial charge in [0.15, 0.2) is 0 Å². The summed E-state index contributed by atoms with van der Waals surface area (Å²) in [7, 11) is 0. The van der Waals surface area contributed by atoms with Crippen LogP contribution < -0.4 is 10.2 Å². The van der Waals surface area contributed by atoms with Gasteiger partial charge in [0.2, 0.25) is 0 Å². The Balaban J connectivity index is 1.56. The molecule has 10 heteroatoms. The van der Waals surface area contributed by atoms with Gasteiger partial charge in [-0.1, -0.05) is 48.0 Å². The van der Waals surface area contributed by atoms with Gasteiger partial charge in [-0.15, -0.1) is 0 Å². The number of hydrogen-bond donors (Lipinski definition) is 1. The zero-order chi connectivity index (χ0) is 26.3. The van der Waals surface area contributed by atoms with E-state index in [9.17, 15) is 24.5 Å². The molecular formula is C27H19ClN4O5. The van der Waals surface area contributed by atoms with Gasteiger partial charge in [0.25, 0.3) is 17.5 Å². The molecule has 37 heavy (non-hydrogen) atoms. The second kappa shape index (κ2) is 9.36. The van der Waals surface area contributed by atoms with Crippen LogP contribution in [0, 0.1) is 17.0 Å². The minimum atomic E-state index is -0.861. The Bertz CT molecular complexity index is 1660. The number of nitro groups is 1. The summed E-state index contributed by atoms with van der Waals surface area (Å²) in [6, 6.07) is 17.6. The SMILES string of the molecule is Cc1ccc(N2C(=O)NC(=O)/C(=C/c3cn(Cc4cccc([N+](=O)[O-])c4)c4ccccc34)C2=O)cc1Cl. The molecule has 9 nitrogen and oxygen atoms in total. The van der Waals surface area contributed by atoms with Gasteiger partial charge < -0.3 is 4.57 Å². The molecule has 2 heterocycles. The van der Waals surface area contributed by atoms with Crippen molar-refractivity contribution in [2.75, 3.05) is 4.90 Å². The van der Waals surface area contributed by atoms with Crippen molar-refractivity contribution in [3.63, 3.8) is 0 Å². The number of barbiturate groups is 1. The lowest BCUT2D eigenvalue weighted by Gasteiger charge is -2.26. The fourth-order valence-electron chi connectivity index (χ4n) is 4.25. The minimum Gasteiger partial charge on any atom is -0.342 e. The van der Waals surface area contributed by atoms with E-state index in [1.807, 2.05) is 28.8 Å². The van der Waals surface area contributed by atoms with Crippen molar-refractivity contribution in [2.24, 2.45) is 0 Å². The molecule has 1 N–H and O–H groups in total. The Labute approximate surface area is 215 Å². The number of nitrogens with one attached hydrogen (secondary N) is 1. The molecule has 0 bridgehead atoms. The molecule has 184 valence electrons. The van der Waals surface area contributed by atoms with Crippen LogP contribution in [0.4, 0.5) is 16.2 Å². The molecule has 0 atom stereocenters. The number of benzene rings is 3. The number of imide groups is 2. The molecule has 1 aliphatic heterocycles. The molecule has 1 aromatic heterocycles. The van der Waals surface area contributed by atoms with E-state index in [2.05, 4.69) is 5.32 Å². The number of urea groups is 1. The van der Waals surface area contributed by atoms with Crippen LogP contribution in [0.1, 0.15) is 16.7 Å². The quantitative estimate of drug-likeness (QED) is 0.169. The number of para-hydroxylation sites is 1. The van der Waals surface area contributed by atoms with Gasteiger partial charge in [-0.3, -0.25) is 25.0 Å². The largest absolute Gasteiger partial charge is 0.342 e. The Morgan fingerprint density at radius 3 is 2.57 bits per heavy atom. The molecular weight excluding hydrogens is 496 g/mol. The fourth-order valence-corrected chi connectivity index (χ4v) is 4.43. The van der Waals surface area contributed by atoms with Crippen LogP contribution in [0.3, 0.4) is 0 Å². The molecule has 4 amide bonds. The first-order valence-electron chi connectivity index (χ1n) is 11.2. The third kappa shape index (κ3) is 4.48. The number of halogens is 1. The van der Waals surface area contributed by atoms with Crippen molar-refractivity contribution < 1.29 is 19.3 Å². The molecule has 0 aliphatic carbocycles. The van der Waals surface area contributed by atoms with Gasteiger partial charge >= 0.3 is 6.03 Å². The third-order valence-corrected chi connectivity index (χ3v) is 6.52. The number of nitro benzene ring substituents is 1. The van der Waals surface area contributed by atoms with Gasteiger partial charge in [-0.25, -0.2) is 9.69 Å². The third-order valence-electron chi connectivity index (χ3n) is 6.11. The second-order valence-electron chi connectivity index (χ2n) is 8.55. The molecule has 0 radical (unpaired) electrons. The number of rotatable bonds is 5. The predicted octanol–water partition coefficient (Wildman–Crippen LogP) is 5.23. The van der Waals surface area contributed by atoms with Crippen LogP contribution in [0.15, 0.2) is 78.5 Å². The normalized spacial score (nSPS) is 14.9. The molecule has 4 aromatic rings. The van der Waals surface area contributed by atoms with Gasteiger partial charge in [0.1, 0.15) is 5.57 Å². The first-order valence-corrected chi connectivity index (χ1v) is 11.6. The Kier molecular flexibility index (Phi) is 6.06. The fraction of sp³-hybridized carbons (Fsp3) is 0.0741. The minimum absolute atomic E-state index is 0.0123. The number of non-ortho nitro benzene ring substituents is 1. The number of aryl methyl sites for hydroxylation is 1. The first-order chi connectivity index (χ1) is 17.7. The molecule has 0 unspecified atom stereocenters. The van der Waals surface area contributed by atoms with Crippen molar-refractivity contribution in [1.29, 1.82) is 0 Å². The van der Waals surface area contributed by atoms with Gasteiger partial charge in [0, 0.05) is 46.4 Å². The highest BCUT2D eigenvalue weighted by atomic mass is 35.5. The lowest BCUT2D eigenvalue weighted by molar-refractivity contribution is -0.384. The molecule has 0 saturated carbocycles. The van der Waals surface area contributed by atoms with Crippen LogP contribution >= 0.6 is 11.6 Å². The van der Waals surface area contributed by atoms with E-state index in [4.69, 9.17) is 11.6 Å². The zero-order valence-electron chi connectivity index (χ0n) is 19.5. The van der Waals surface area contributed by atoms with E-state index < -0.39 is 22.8 Å². The highest BCUT2D eigenvalue weighted by Crippen LogP contribution is 2.29. The number of aromatic nitrogens is 1. The summed E-state index contributed by atoms with van der Waals surface area (Å²) in [6.07, 6.45) is 3.21. The van der Waals surface area contributed by atoms with Crippen LogP contribution in [0.2, 0.25) is 5.02 Å². The highest BCUT2D eigenvalue weighted by Gasteiger charge is 2.37. The molecule has 3 aromatic carbocycles. The maximum Gasteiger partial charge on any atom is 0.335 e. The van der Waals surface area contributed by atoms with Crippen LogP contribution in [-0.2, 0) is 16.1 Å². The van der Waals surface area contributed by atoms with E-state index in [0.717, 1.165) is 21.4 Å². The van der Waals surface area contributed by atoms with Crippen molar-refractivity contribution in [3.05, 3.63) is 110 Å². The maximum atomic E-state index is 13.3. The average molecular weight is 515 g/mol. The number of nitrogens with zero attached hydrogens (tertiary/aromatic N) is 3. The Morgan fingerprint density at radius 2 is 1.81 bits per heavy atom. The van der Waals surface area contributed by atoms with Crippen molar-refractivity contribution in [2.45, 2.75) is 13.5 Å². The second-order valence-corrected chi connectivity index (χ2v) is 8.96. The van der Waals surface area contributed by atoms with Crippen molar-refractivity contribution in [3.8, 4) is 0 Å². The summed E-state index contributed by atoms with van der Waals surface area (Å²) < 4.78 is 1.88. The monoisotopic (exact) mass is 514 g/mol. The summed E-state index contributed by atoms with van der Waals surface area (Å²) in [6.45, 7) is 2.13. The zero-order valence-corrected chi connectivity index (χ0v) is 20.2. The molecule has 1 saturated heterocycles. The Morgan fingerprint density at radius 1 is 1.03 bits per heavy atom. The molecule has 1 aliphatic rings. The number of carbonyl (C=O) groups excluding carboxylic acids is 3. The van der Waals surface area contributed by atoms with Crippen LogP contribution in [-0.4, -0.2) is 27.3 Å². The summed E-state index contributed by atoms with van der Waals surface area (Å²) in [5, 5.41) is 14.5. The summed E-state index contributed by atoms with van der Waals surface area (Å²) in [5.74, 6) is -1.58. The highest BCUT2D eigenvalue weighted by molar-refractivity contribution is 6.39. The molecule has 1 fully saturated rings. The lowest BCUT2D eigenvalue weighted by atomic mass is 10.1. The lowest BCUT2D eigenvalue weighted by Crippen LogP contribution is -2.54. The smallest absolute Gasteiger partial charge is 0.335 e. The van der Waals surface area contributed by atoms with Crippen LogP contribution in [0.25, 0.3) is 17.0 Å². The maximum absolute atomic E-state index is 13.3. The van der Waals surface area contributed by atoms with Crippen LogP contribution in [0.5, 0.6) is 0 Å². The average Bonchev–Trinajstić information content (AvgIpc) is 3.21. The topological polar surface area (TPSA) is 115 Å². The van der Waals surface area contributed by atoms with Gasteiger partial charge in [0.05, 0.1) is 10.6 Å². The standard InChI is InChI=1S/C27H19ClN4O5/c1-16-9-10-19(13-23(16)28)31-26(34)22(25(33)29-27(31)35)12-18-15-30(24-8-3-2-7-21(18)24)14-17-5-4-6-20(11-17)32(36)37/h2-13,15H,14H2,1H3,(H,29,33,35)/b22-12-. The molecule has 5 rings (SSSR count). The predicted molar refractivity (Wildman–Crippen MR) is 139 cm³/mol.